The predicted molar refractivity (Wildman–Crippen MR) is 105 cm³/mol. The molecule has 0 spiro atoms. The van der Waals surface area contributed by atoms with E-state index in [4.69, 9.17) is 16.3 Å². The summed E-state index contributed by atoms with van der Waals surface area (Å²) in [4.78, 5) is 19.3. The van der Waals surface area contributed by atoms with Gasteiger partial charge in [0.1, 0.15) is 11.4 Å². The number of benzene rings is 1. The quantitative estimate of drug-likeness (QED) is 0.820. The van der Waals surface area contributed by atoms with Gasteiger partial charge in [-0.25, -0.2) is 4.98 Å². The van der Waals surface area contributed by atoms with Gasteiger partial charge >= 0.3 is 0 Å². The predicted octanol–water partition coefficient (Wildman–Crippen LogP) is 4.76. The van der Waals surface area contributed by atoms with Gasteiger partial charge in [0.2, 0.25) is 0 Å². The number of carbonyl (C=O) groups excluding carboxylic acids is 1. The van der Waals surface area contributed by atoms with Crippen LogP contribution in [-0.2, 0) is 0 Å². The molecule has 0 radical (unpaired) electrons. The van der Waals surface area contributed by atoms with Gasteiger partial charge in [-0.1, -0.05) is 18.5 Å². The zero-order chi connectivity index (χ0) is 18.5. The fourth-order valence-electron chi connectivity index (χ4n) is 3.42. The van der Waals surface area contributed by atoms with Gasteiger partial charge in [0.05, 0.1) is 24.7 Å². The minimum atomic E-state index is -0.289. The van der Waals surface area contributed by atoms with Crippen LogP contribution in [-0.4, -0.2) is 30.6 Å². The highest BCUT2D eigenvalue weighted by molar-refractivity contribution is 6.31. The number of carbonyl (C=O) groups is 1. The molecule has 0 saturated carbocycles. The standard InChI is InChI=1S/C20H24ClN3O2/c1-3-15-6-4-5-11-24(15)16-8-9-17(22-13-16)20(25)23-18-12-14(21)7-10-19(18)26-2/h7-10,12-13,15H,3-6,11H2,1-2H3,(H,23,25). The van der Waals surface area contributed by atoms with E-state index in [2.05, 4.69) is 22.1 Å². The smallest absolute Gasteiger partial charge is 0.274 e. The summed E-state index contributed by atoms with van der Waals surface area (Å²) in [6.45, 7) is 3.27. The number of amides is 1. The molecule has 1 fully saturated rings. The number of methoxy groups -OCH3 is 1. The molecule has 1 atom stereocenters. The highest BCUT2D eigenvalue weighted by atomic mass is 35.5. The van der Waals surface area contributed by atoms with Gasteiger partial charge in [-0.05, 0) is 56.0 Å². The number of piperidine rings is 1. The molecule has 1 unspecified atom stereocenters. The topological polar surface area (TPSA) is 54.5 Å². The summed E-state index contributed by atoms with van der Waals surface area (Å²) in [5.41, 5.74) is 1.97. The van der Waals surface area contributed by atoms with Crippen LogP contribution in [0.3, 0.4) is 0 Å². The minimum Gasteiger partial charge on any atom is -0.495 e. The Balaban J connectivity index is 1.74. The highest BCUT2D eigenvalue weighted by Gasteiger charge is 2.21. The molecule has 1 aliphatic rings. The van der Waals surface area contributed by atoms with Crippen LogP contribution >= 0.6 is 11.6 Å². The molecule has 5 nitrogen and oxygen atoms in total. The van der Waals surface area contributed by atoms with Crippen molar-refractivity contribution in [1.29, 1.82) is 0 Å². The number of nitrogens with zero attached hydrogens (tertiary/aromatic N) is 2. The summed E-state index contributed by atoms with van der Waals surface area (Å²) in [6.07, 6.45) is 6.61. The fourth-order valence-corrected chi connectivity index (χ4v) is 3.59. The van der Waals surface area contributed by atoms with E-state index < -0.39 is 0 Å². The number of ether oxygens (including phenoxy) is 1. The van der Waals surface area contributed by atoms with Crippen LogP contribution in [0.1, 0.15) is 43.1 Å². The molecular weight excluding hydrogens is 350 g/mol. The van der Waals surface area contributed by atoms with E-state index in [9.17, 15) is 4.79 Å². The van der Waals surface area contributed by atoms with Crippen LogP contribution in [0.2, 0.25) is 5.02 Å². The van der Waals surface area contributed by atoms with E-state index in [1.54, 1.807) is 37.6 Å². The van der Waals surface area contributed by atoms with Crippen molar-refractivity contribution in [3.8, 4) is 5.75 Å². The van der Waals surface area contributed by atoms with Crippen LogP contribution in [0.15, 0.2) is 36.5 Å². The van der Waals surface area contributed by atoms with E-state index in [0.717, 1.165) is 18.7 Å². The number of pyridine rings is 1. The second-order valence-corrected chi connectivity index (χ2v) is 6.89. The first-order chi connectivity index (χ1) is 12.6. The number of halogens is 1. The van der Waals surface area contributed by atoms with Crippen molar-refractivity contribution in [2.75, 3.05) is 23.9 Å². The first-order valence-corrected chi connectivity index (χ1v) is 9.37. The third-order valence-electron chi connectivity index (χ3n) is 4.82. The molecule has 1 aromatic carbocycles. The molecule has 138 valence electrons. The maximum Gasteiger partial charge on any atom is 0.274 e. The van der Waals surface area contributed by atoms with Crippen molar-refractivity contribution in [2.24, 2.45) is 0 Å². The van der Waals surface area contributed by atoms with Gasteiger partial charge in [0.25, 0.3) is 5.91 Å². The first-order valence-electron chi connectivity index (χ1n) is 9.00. The zero-order valence-corrected chi connectivity index (χ0v) is 15.9. The van der Waals surface area contributed by atoms with Crippen molar-refractivity contribution >= 4 is 28.9 Å². The molecule has 1 amide bonds. The summed E-state index contributed by atoms with van der Waals surface area (Å²) in [7, 11) is 1.55. The molecule has 0 aliphatic carbocycles. The Bertz CT molecular complexity index is 764. The molecule has 1 saturated heterocycles. The molecule has 0 bridgehead atoms. The lowest BCUT2D eigenvalue weighted by molar-refractivity contribution is 0.102. The number of hydrogen-bond acceptors (Lipinski definition) is 4. The molecule has 1 aliphatic heterocycles. The Morgan fingerprint density at radius 1 is 1.35 bits per heavy atom. The van der Waals surface area contributed by atoms with Crippen LogP contribution < -0.4 is 15.0 Å². The minimum absolute atomic E-state index is 0.289. The number of anilines is 2. The fraction of sp³-hybridized carbons (Fsp3) is 0.400. The lowest BCUT2D eigenvalue weighted by Crippen LogP contribution is -2.39. The third-order valence-corrected chi connectivity index (χ3v) is 5.06. The molecule has 3 rings (SSSR count). The van der Waals surface area contributed by atoms with Gasteiger partial charge in [0.15, 0.2) is 0 Å². The average Bonchev–Trinajstić information content (AvgIpc) is 2.68. The number of nitrogens with one attached hydrogen (secondary N) is 1. The Morgan fingerprint density at radius 2 is 2.19 bits per heavy atom. The summed E-state index contributed by atoms with van der Waals surface area (Å²) in [5, 5.41) is 3.34. The summed E-state index contributed by atoms with van der Waals surface area (Å²) >= 11 is 6.01. The Morgan fingerprint density at radius 3 is 2.88 bits per heavy atom. The van der Waals surface area contributed by atoms with E-state index >= 15 is 0 Å². The molecule has 1 aromatic heterocycles. The zero-order valence-electron chi connectivity index (χ0n) is 15.2. The Hall–Kier alpha value is -2.27. The van der Waals surface area contributed by atoms with Gasteiger partial charge in [-0.2, -0.15) is 0 Å². The summed E-state index contributed by atoms with van der Waals surface area (Å²) in [6, 6.07) is 9.39. The molecule has 26 heavy (non-hydrogen) atoms. The maximum atomic E-state index is 12.5. The lowest BCUT2D eigenvalue weighted by atomic mass is 9.99. The first kappa shape index (κ1) is 18.5. The Kier molecular flexibility index (Phi) is 5.99. The molecule has 1 N–H and O–H groups in total. The average molecular weight is 374 g/mol. The van der Waals surface area contributed by atoms with Crippen LogP contribution in [0.4, 0.5) is 11.4 Å². The van der Waals surface area contributed by atoms with E-state index in [-0.39, 0.29) is 5.91 Å². The van der Waals surface area contributed by atoms with Crippen molar-refractivity contribution in [2.45, 2.75) is 38.6 Å². The molecule has 2 heterocycles. The normalized spacial score (nSPS) is 17.0. The molecular formula is C20H24ClN3O2. The van der Waals surface area contributed by atoms with Crippen LogP contribution in [0.25, 0.3) is 0 Å². The van der Waals surface area contributed by atoms with Crippen molar-refractivity contribution < 1.29 is 9.53 Å². The SMILES string of the molecule is CCC1CCCCN1c1ccc(C(=O)Nc2cc(Cl)ccc2OC)nc1. The van der Waals surface area contributed by atoms with Gasteiger partial charge in [-0.15, -0.1) is 0 Å². The number of aromatic nitrogens is 1. The van der Waals surface area contributed by atoms with Crippen molar-refractivity contribution in [3.63, 3.8) is 0 Å². The van der Waals surface area contributed by atoms with Gasteiger partial charge in [0, 0.05) is 17.6 Å². The lowest BCUT2D eigenvalue weighted by Gasteiger charge is -2.37. The van der Waals surface area contributed by atoms with E-state index in [1.807, 2.05) is 6.07 Å². The third kappa shape index (κ3) is 4.10. The monoisotopic (exact) mass is 373 g/mol. The largest absolute Gasteiger partial charge is 0.495 e. The number of hydrogen-bond donors (Lipinski definition) is 1. The molecule has 2 aromatic rings. The summed E-state index contributed by atoms with van der Waals surface area (Å²) in [5.74, 6) is 0.265. The number of rotatable bonds is 5. The van der Waals surface area contributed by atoms with Crippen molar-refractivity contribution in [1.82, 2.24) is 4.98 Å². The van der Waals surface area contributed by atoms with Gasteiger partial charge < -0.3 is 15.0 Å². The van der Waals surface area contributed by atoms with Crippen molar-refractivity contribution in [3.05, 3.63) is 47.2 Å². The maximum absolute atomic E-state index is 12.5. The second-order valence-electron chi connectivity index (χ2n) is 6.45. The highest BCUT2D eigenvalue weighted by Crippen LogP contribution is 2.29. The Labute approximate surface area is 159 Å². The van der Waals surface area contributed by atoms with Crippen LogP contribution in [0.5, 0.6) is 5.75 Å². The van der Waals surface area contributed by atoms with E-state index in [0.29, 0.717) is 28.2 Å². The second kappa shape index (κ2) is 8.41. The summed E-state index contributed by atoms with van der Waals surface area (Å²) < 4.78 is 5.26. The van der Waals surface area contributed by atoms with Crippen LogP contribution in [0, 0.1) is 0 Å². The van der Waals surface area contributed by atoms with Gasteiger partial charge in [-0.3, -0.25) is 4.79 Å². The van der Waals surface area contributed by atoms with E-state index in [1.165, 1.54) is 19.3 Å². The molecule has 6 heteroatoms.